The van der Waals surface area contributed by atoms with Gasteiger partial charge in [-0.25, -0.2) is 9.80 Å². The third kappa shape index (κ3) is 4.38. The van der Waals surface area contributed by atoms with Crippen molar-refractivity contribution in [3.05, 3.63) is 35.4 Å². The van der Waals surface area contributed by atoms with E-state index in [1.165, 1.54) is 0 Å². The van der Waals surface area contributed by atoms with E-state index in [2.05, 4.69) is 6.92 Å². The maximum atomic E-state index is 12.7. The molecule has 6 nitrogen and oxygen atoms in total. The summed E-state index contributed by atoms with van der Waals surface area (Å²) in [5, 5.41) is 2.07. The number of ether oxygens (including phenoxy) is 1. The standard InChI is InChI=1S/C19H26N2O4/c1-5-6-7-10-13-20(18(24)25-19(2,3)4)21-16(22)14-11-8-9-12-15(14)17(21)23/h8-9,11-12H,5-7,10,13H2,1-4H3. The minimum Gasteiger partial charge on any atom is -0.442 e. The smallest absolute Gasteiger partial charge is 0.429 e. The highest BCUT2D eigenvalue weighted by Crippen LogP contribution is 2.25. The molecule has 0 N–H and O–H groups in total. The van der Waals surface area contributed by atoms with Gasteiger partial charge in [0.1, 0.15) is 5.60 Å². The molecule has 0 aliphatic carbocycles. The number of hydrogen-bond acceptors (Lipinski definition) is 4. The van der Waals surface area contributed by atoms with Crippen molar-refractivity contribution >= 4 is 17.9 Å². The summed E-state index contributed by atoms with van der Waals surface area (Å²) in [6.45, 7) is 7.61. The molecule has 6 heteroatoms. The Morgan fingerprint density at radius 3 is 2.08 bits per heavy atom. The molecule has 3 amide bonds. The van der Waals surface area contributed by atoms with Crippen LogP contribution in [0.5, 0.6) is 0 Å². The molecule has 0 atom stereocenters. The quantitative estimate of drug-likeness (QED) is 0.576. The molecule has 0 saturated heterocycles. The average molecular weight is 346 g/mol. The third-order valence-corrected chi connectivity index (χ3v) is 3.84. The second-order valence-corrected chi connectivity index (χ2v) is 7.13. The first-order valence-electron chi connectivity index (χ1n) is 8.74. The van der Waals surface area contributed by atoms with E-state index < -0.39 is 23.5 Å². The highest BCUT2D eigenvalue weighted by Gasteiger charge is 2.42. The molecule has 0 bridgehead atoms. The van der Waals surface area contributed by atoms with E-state index >= 15 is 0 Å². The van der Waals surface area contributed by atoms with Crippen LogP contribution in [0.4, 0.5) is 4.79 Å². The molecule has 25 heavy (non-hydrogen) atoms. The summed E-state index contributed by atoms with van der Waals surface area (Å²) in [4.78, 5) is 37.9. The summed E-state index contributed by atoms with van der Waals surface area (Å²) in [5.41, 5.74) is -0.0820. The Morgan fingerprint density at radius 1 is 1.04 bits per heavy atom. The van der Waals surface area contributed by atoms with Crippen LogP contribution in [-0.2, 0) is 4.74 Å². The number of carbonyl (C=O) groups excluding carboxylic acids is 3. The van der Waals surface area contributed by atoms with Crippen molar-refractivity contribution in [3.63, 3.8) is 0 Å². The molecule has 0 radical (unpaired) electrons. The maximum Gasteiger partial charge on any atom is 0.429 e. The molecule has 1 aromatic carbocycles. The van der Waals surface area contributed by atoms with E-state index in [4.69, 9.17) is 4.74 Å². The van der Waals surface area contributed by atoms with Gasteiger partial charge in [-0.05, 0) is 39.3 Å². The first kappa shape index (κ1) is 19.0. The van der Waals surface area contributed by atoms with Crippen LogP contribution in [-0.4, -0.2) is 40.1 Å². The van der Waals surface area contributed by atoms with Crippen molar-refractivity contribution in [1.29, 1.82) is 0 Å². The SMILES string of the molecule is CCCCCCN(C(=O)OC(C)(C)C)N1C(=O)c2ccccc2C1=O. The summed E-state index contributed by atoms with van der Waals surface area (Å²) >= 11 is 0. The third-order valence-electron chi connectivity index (χ3n) is 3.84. The second-order valence-electron chi connectivity index (χ2n) is 7.13. The van der Waals surface area contributed by atoms with Crippen LogP contribution in [0.3, 0.4) is 0 Å². The van der Waals surface area contributed by atoms with Gasteiger partial charge in [0.25, 0.3) is 11.8 Å². The largest absolute Gasteiger partial charge is 0.442 e. The van der Waals surface area contributed by atoms with Crippen LogP contribution in [0.2, 0.25) is 0 Å². The summed E-state index contributed by atoms with van der Waals surface area (Å²) in [7, 11) is 0. The molecule has 0 fully saturated rings. The number of nitrogens with zero attached hydrogens (tertiary/aromatic N) is 2. The van der Waals surface area contributed by atoms with Crippen LogP contribution in [0.25, 0.3) is 0 Å². The fraction of sp³-hybridized carbons (Fsp3) is 0.526. The Balaban J connectivity index is 2.24. The lowest BCUT2D eigenvalue weighted by molar-refractivity contribution is -0.0291. The summed E-state index contributed by atoms with van der Waals surface area (Å²) < 4.78 is 5.41. The number of imide groups is 1. The predicted octanol–water partition coefficient (Wildman–Crippen LogP) is 4.02. The molecule has 136 valence electrons. The van der Waals surface area contributed by atoms with Gasteiger partial charge in [-0.2, -0.15) is 5.01 Å². The zero-order valence-electron chi connectivity index (χ0n) is 15.4. The van der Waals surface area contributed by atoms with Gasteiger partial charge in [-0.1, -0.05) is 38.3 Å². The fourth-order valence-electron chi connectivity index (χ4n) is 2.67. The zero-order chi connectivity index (χ0) is 18.6. The van der Waals surface area contributed by atoms with Crippen molar-refractivity contribution in [1.82, 2.24) is 10.0 Å². The van der Waals surface area contributed by atoms with E-state index in [-0.39, 0.29) is 6.54 Å². The number of hydrazine groups is 1. The summed E-state index contributed by atoms with van der Waals surface area (Å²) in [5.74, 6) is -0.969. The molecule has 1 aromatic rings. The Kier molecular flexibility index (Phi) is 5.82. The van der Waals surface area contributed by atoms with Crippen molar-refractivity contribution in [2.24, 2.45) is 0 Å². The van der Waals surface area contributed by atoms with E-state index in [0.29, 0.717) is 17.5 Å². The molecule has 0 aromatic heterocycles. The van der Waals surface area contributed by atoms with E-state index in [9.17, 15) is 14.4 Å². The molecule has 1 heterocycles. The van der Waals surface area contributed by atoms with E-state index in [0.717, 1.165) is 29.3 Å². The van der Waals surface area contributed by atoms with Gasteiger partial charge in [-0.3, -0.25) is 9.59 Å². The van der Waals surface area contributed by atoms with Crippen LogP contribution in [0.15, 0.2) is 24.3 Å². The number of hydrogen-bond donors (Lipinski definition) is 0. The predicted molar refractivity (Wildman–Crippen MR) is 94.0 cm³/mol. The van der Waals surface area contributed by atoms with Gasteiger partial charge in [0, 0.05) is 6.54 Å². The molecule has 0 spiro atoms. The van der Waals surface area contributed by atoms with E-state index in [1.54, 1.807) is 45.0 Å². The lowest BCUT2D eigenvalue weighted by Crippen LogP contribution is -2.51. The molecule has 1 aliphatic heterocycles. The number of unbranched alkanes of at least 4 members (excludes halogenated alkanes) is 3. The number of benzene rings is 1. The lowest BCUT2D eigenvalue weighted by Gasteiger charge is -2.32. The Hall–Kier alpha value is -2.37. The molecule has 2 rings (SSSR count). The van der Waals surface area contributed by atoms with Crippen LogP contribution >= 0.6 is 0 Å². The van der Waals surface area contributed by atoms with Crippen LogP contribution in [0.1, 0.15) is 74.1 Å². The van der Waals surface area contributed by atoms with Crippen molar-refractivity contribution < 1.29 is 19.1 Å². The minimum absolute atomic E-state index is 0.264. The fourth-order valence-corrected chi connectivity index (χ4v) is 2.67. The van der Waals surface area contributed by atoms with Gasteiger partial charge < -0.3 is 4.74 Å². The molecular weight excluding hydrogens is 320 g/mol. The summed E-state index contributed by atoms with van der Waals surface area (Å²) in [6, 6.07) is 6.60. The number of rotatable bonds is 6. The Labute approximate surface area is 148 Å². The van der Waals surface area contributed by atoms with Gasteiger partial charge >= 0.3 is 6.09 Å². The van der Waals surface area contributed by atoms with Crippen molar-refractivity contribution in [3.8, 4) is 0 Å². The van der Waals surface area contributed by atoms with Crippen molar-refractivity contribution in [2.75, 3.05) is 6.54 Å². The highest BCUT2D eigenvalue weighted by atomic mass is 16.6. The number of amides is 3. The van der Waals surface area contributed by atoms with Crippen LogP contribution < -0.4 is 0 Å². The zero-order valence-corrected chi connectivity index (χ0v) is 15.4. The Bertz CT molecular complexity index is 629. The normalized spacial score (nSPS) is 13.8. The number of fused-ring (bicyclic) bond motifs is 1. The highest BCUT2D eigenvalue weighted by molar-refractivity contribution is 6.21. The second kappa shape index (κ2) is 7.68. The van der Waals surface area contributed by atoms with Gasteiger partial charge in [0.2, 0.25) is 0 Å². The van der Waals surface area contributed by atoms with E-state index in [1.807, 2.05) is 0 Å². The monoisotopic (exact) mass is 346 g/mol. The van der Waals surface area contributed by atoms with Crippen molar-refractivity contribution in [2.45, 2.75) is 59.0 Å². The van der Waals surface area contributed by atoms with Crippen LogP contribution in [0, 0.1) is 0 Å². The Morgan fingerprint density at radius 2 is 1.60 bits per heavy atom. The van der Waals surface area contributed by atoms with Gasteiger partial charge in [0.05, 0.1) is 11.1 Å². The first-order chi connectivity index (χ1) is 11.8. The van der Waals surface area contributed by atoms with Gasteiger partial charge in [-0.15, -0.1) is 0 Å². The van der Waals surface area contributed by atoms with Gasteiger partial charge in [0.15, 0.2) is 0 Å². The molecule has 0 unspecified atom stereocenters. The maximum absolute atomic E-state index is 12.7. The lowest BCUT2D eigenvalue weighted by atomic mass is 10.1. The molecular formula is C19H26N2O4. The number of carbonyl (C=O) groups is 3. The molecule has 1 aliphatic rings. The minimum atomic E-state index is -0.711. The summed E-state index contributed by atoms with van der Waals surface area (Å²) in [6.07, 6.45) is 3.02. The molecule has 0 saturated carbocycles. The average Bonchev–Trinajstić information content (AvgIpc) is 2.78. The topological polar surface area (TPSA) is 66.9 Å². The first-order valence-corrected chi connectivity index (χ1v) is 8.74.